The van der Waals surface area contributed by atoms with Crippen LogP contribution in [0.5, 0.6) is 0 Å². The molecule has 0 fully saturated rings. The number of nitrogens with one attached hydrogen (secondary N) is 2. The monoisotopic (exact) mass is 413 g/mol. The fourth-order valence-electron chi connectivity index (χ4n) is 3.09. The van der Waals surface area contributed by atoms with Gasteiger partial charge in [-0.25, -0.2) is 4.79 Å². The standard InChI is InChI=1S/C20H19N3O5S/c1-29-10-9-16(20(25)26)22-19(24)18-17(12-5-3-2-4-6-12)14-11-13(23(27)28)7-8-15(14)21-18/h2-8,11,16,21H,9-10H2,1H3,(H,22,24)(H,25,26)/t16-/m0/s1. The first kappa shape index (κ1) is 20.4. The van der Waals surface area contributed by atoms with E-state index >= 15 is 0 Å². The number of benzene rings is 2. The van der Waals surface area contributed by atoms with E-state index in [9.17, 15) is 24.8 Å². The molecule has 0 unspecified atom stereocenters. The van der Waals surface area contributed by atoms with Crippen LogP contribution < -0.4 is 5.32 Å². The fraction of sp³-hybridized carbons (Fsp3) is 0.200. The van der Waals surface area contributed by atoms with Crippen LogP contribution >= 0.6 is 11.8 Å². The second kappa shape index (κ2) is 8.78. The third kappa shape index (κ3) is 4.40. The quantitative estimate of drug-likeness (QED) is 0.382. The lowest BCUT2D eigenvalue weighted by Crippen LogP contribution is -2.41. The Morgan fingerprint density at radius 3 is 2.59 bits per heavy atom. The maximum Gasteiger partial charge on any atom is 0.326 e. The molecule has 2 aromatic carbocycles. The largest absolute Gasteiger partial charge is 0.480 e. The normalized spacial score (nSPS) is 11.9. The van der Waals surface area contributed by atoms with Crippen molar-refractivity contribution < 1.29 is 19.6 Å². The number of amides is 1. The van der Waals surface area contributed by atoms with Crippen LogP contribution in [0.2, 0.25) is 0 Å². The van der Waals surface area contributed by atoms with Crippen molar-refractivity contribution in [1.82, 2.24) is 10.3 Å². The molecule has 0 saturated carbocycles. The lowest BCUT2D eigenvalue weighted by atomic mass is 10.0. The summed E-state index contributed by atoms with van der Waals surface area (Å²) in [4.78, 5) is 38.2. The highest BCUT2D eigenvalue weighted by molar-refractivity contribution is 7.98. The molecule has 0 spiro atoms. The van der Waals surface area contributed by atoms with E-state index in [1.807, 2.05) is 12.3 Å². The molecule has 29 heavy (non-hydrogen) atoms. The van der Waals surface area contributed by atoms with Gasteiger partial charge in [0.15, 0.2) is 0 Å². The topological polar surface area (TPSA) is 125 Å². The first-order chi connectivity index (χ1) is 13.9. The van der Waals surface area contributed by atoms with Crippen LogP contribution in [-0.4, -0.2) is 44.9 Å². The van der Waals surface area contributed by atoms with E-state index in [2.05, 4.69) is 10.3 Å². The Balaban J connectivity index is 2.10. The van der Waals surface area contributed by atoms with Gasteiger partial charge in [-0.3, -0.25) is 14.9 Å². The van der Waals surface area contributed by atoms with Gasteiger partial charge in [-0.15, -0.1) is 0 Å². The average Bonchev–Trinajstić information content (AvgIpc) is 3.10. The molecule has 0 saturated heterocycles. The Hall–Kier alpha value is -3.33. The van der Waals surface area contributed by atoms with E-state index in [1.54, 1.807) is 30.3 Å². The summed E-state index contributed by atoms with van der Waals surface area (Å²) in [6.07, 6.45) is 2.15. The number of hydrogen-bond acceptors (Lipinski definition) is 5. The van der Waals surface area contributed by atoms with Gasteiger partial charge in [-0.05, 0) is 30.1 Å². The van der Waals surface area contributed by atoms with Gasteiger partial charge in [-0.1, -0.05) is 30.3 Å². The Bertz CT molecular complexity index is 1060. The highest BCUT2D eigenvalue weighted by Crippen LogP contribution is 2.34. The summed E-state index contributed by atoms with van der Waals surface area (Å²) in [6.45, 7) is 0. The molecule has 0 aliphatic carbocycles. The van der Waals surface area contributed by atoms with Crippen molar-refractivity contribution in [2.75, 3.05) is 12.0 Å². The van der Waals surface area contributed by atoms with Crippen molar-refractivity contribution in [3.05, 3.63) is 64.3 Å². The summed E-state index contributed by atoms with van der Waals surface area (Å²) >= 11 is 1.49. The zero-order valence-electron chi connectivity index (χ0n) is 15.5. The third-order valence-corrected chi connectivity index (χ3v) is 5.14. The smallest absolute Gasteiger partial charge is 0.326 e. The van der Waals surface area contributed by atoms with Crippen LogP contribution in [0.3, 0.4) is 0 Å². The first-order valence-corrected chi connectivity index (χ1v) is 10.2. The van der Waals surface area contributed by atoms with Gasteiger partial charge in [0.1, 0.15) is 11.7 Å². The number of rotatable bonds is 8. The number of nitro groups is 1. The summed E-state index contributed by atoms with van der Waals surface area (Å²) < 4.78 is 0. The number of nitrogens with zero attached hydrogens (tertiary/aromatic N) is 1. The molecule has 0 aliphatic heterocycles. The number of hydrogen-bond donors (Lipinski definition) is 3. The third-order valence-electron chi connectivity index (χ3n) is 4.50. The number of aliphatic carboxylic acids is 1. The van der Waals surface area contributed by atoms with Gasteiger partial charge < -0.3 is 15.4 Å². The maximum absolute atomic E-state index is 13.0. The van der Waals surface area contributed by atoms with Crippen molar-refractivity contribution in [1.29, 1.82) is 0 Å². The predicted molar refractivity (Wildman–Crippen MR) is 112 cm³/mol. The van der Waals surface area contributed by atoms with Crippen LogP contribution in [-0.2, 0) is 4.79 Å². The highest BCUT2D eigenvalue weighted by Gasteiger charge is 2.25. The van der Waals surface area contributed by atoms with Crippen molar-refractivity contribution >= 4 is 40.2 Å². The zero-order chi connectivity index (χ0) is 21.0. The molecule has 0 radical (unpaired) electrons. The predicted octanol–water partition coefficient (Wildman–Crippen LogP) is 3.68. The summed E-state index contributed by atoms with van der Waals surface area (Å²) in [7, 11) is 0. The zero-order valence-corrected chi connectivity index (χ0v) is 16.4. The summed E-state index contributed by atoms with van der Waals surface area (Å²) in [5, 5.41) is 23.7. The van der Waals surface area contributed by atoms with E-state index in [4.69, 9.17) is 0 Å². The number of H-pyrrole nitrogens is 1. The lowest BCUT2D eigenvalue weighted by Gasteiger charge is -2.14. The van der Waals surface area contributed by atoms with Gasteiger partial charge in [0.05, 0.1) is 4.92 Å². The molecule has 1 heterocycles. The van der Waals surface area contributed by atoms with E-state index in [0.29, 0.717) is 27.8 Å². The summed E-state index contributed by atoms with van der Waals surface area (Å²) in [6, 6.07) is 12.3. The van der Waals surface area contributed by atoms with E-state index < -0.39 is 22.8 Å². The lowest BCUT2D eigenvalue weighted by molar-refractivity contribution is -0.384. The minimum atomic E-state index is -1.11. The van der Waals surface area contributed by atoms with Crippen molar-refractivity contribution in [3.8, 4) is 11.1 Å². The fourth-order valence-corrected chi connectivity index (χ4v) is 3.56. The van der Waals surface area contributed by atoms with Crippen LogP contribution in [0, 0.1) is 10.1 Å². The molecule has 1 amide bonds. The Morgan fingerprint density at radius 2 is 1.97 bits per heavy atom. The molecular formula is C20H19N3O5S. The molecule has 3 aromatic rings. The van der Waals surface area contributed by atoms with Gasteiger partial charge in [-0.2, -0.15) is 11.8 Å². The SMILES string of the molecule is CSCC[C@H](NC(=O)c1[nH]c2ccc([N+](=O)[O-])cc2c1-c1ccccc1)C(=O)O. The Labute approximate surface area is 170 Å². The molecule has 1 aromatic heterocycles. The molecule has 3 rings (SSSR count). The summed E-state index contributed by atoms with van der Waals surface area (Å²) in [5.41, 5.74) is 1.82. The number of thioether (sulfide) groups is 1. The number of aromatic amines is 1. The Kier molecular flexibility index (Phi) is 6.18. The van der Waals surface area contributed by atoms with Crippen molar-refractivity contribution in [3.63, 3.8) is 0 Å². The number of carboxylic acid groups (broad SMARTS) is 1. The summed E-state index contributed by atoms with van der Waals surface area (Å²) in [5.74, 6) is -1.10. The van der Waals surface area contributed by atoms with Crippen molar-refractivity contribution in [2.45, 2.75) is 12.5 Å². The average molecular weight is 413 g/mol. The molecule has 0 aliphatic rings. The highest BCUT2D eigenvalue weighted by atomic mass is 32.2. The number of aromatic nitrogens is 1. The molecule has 8 nitrogen and oxygen atoms in total. The molecule has 150 valence electrons. The van der Waals surface area contributed by atoms with Gasteiger partial charge in [0.25, 0.3) is 11.6 Å². The van der Waals surface area contributed by atoms with Crippen molar-refractivity contribution in [2.24, 2.45) is 0 Å². The van der Waals surface area contributed by atoms with Crippen LogP contribution in [0.1, 0.15) is 16.9 Å². The van der Waals surface area contributed by atoms with E-state index in [-0.39, 0.29) is 17.8 Å². The van der Waals surface area contributed by atoms with Gasteiger partial charge in [0, 0.05) is 28.6 Å². The molecule has 1 atom stereocenters. The maximum atomic E-state index is 13.0. The number of carbonyl (C=O) groups excluding carboxylic acids is 1. The molecule has 0 bridgehead atoms. The molecule has 3 N–H and O–H groups in total. The number of carbonyl (C=O) groups is 2. The molecule has 9 heteroatoms. The minimum Gasteiger partial charge on any atom is -0.480 e. The number of fused-ring (bicyclic) bond motifs is 1. The first-order valence-electron chi connectivity index (χ1n) is 8.80. The van der Waals surface area contributed by atoms with Crippen LogP contribution in [0.25, 0.3) is 22.0 Å². The number of carboxylic acids is 1. The number of nitro benzene ring substituents is 1. The van der Waals surface area contributed by atoms with Crippen LogP contribution in [0.15, 0.2) is 48.5 Å². The minimum absolute atomic E-state index is 0.0935. The second-order valence-corrected chi connectivity index (χ2v) is 7.36. The Morgan fingerprint density at radius 1 is 1.24 bits per heavy atom. The molecular weight excluding hydrogens is 394 g/mol. The van der Waals surface area contributed by atoms with Gasteiger partial charge >= 0.3 is 5.97 Å². The van der Waals surface area contributed by atoms with E-state index in [0.717, 1.165) is 0 Å². The number of non-ortho nitro benzene ring substituents is 1. The second-order valence-electron chi connectivity index (χ2n) is 6.37. The van der Waals surface area contributed by atoms with Crippen LogP contribution in [0.4, 0.5) is 5.69 Å². The van der Waals surface area contributed by atoms with E-state index in [1.165, 1.54) is 23.9 Å². The van der Waals surface area contributed by atoms with Gasteiger partial charge in [0.2, 0.25) is 0 Å².